The summed E-state index contributed by atoms with van der Waals surface area (Å²) in [5.41, 5.74) is 1.92. The number of benzene rings is 2. The first-order valence-corrected chi connectivity index (χ1v) is 8.62. The van der Waals surface area contributed by atoms with E-state index in [0.29, 0.717) is 29.9 Å². The first-order valence-electron chi connectivity index (χ1n) is 8.62. The molecule has 1 heterocycles. The molecule has 0 saturated heterocycles. The molecule has 0 aliphatic heterocycles. The van der Waals surface area contributed by atoms with E-state index in [0.717, 1.165) is 5.52 Å². The molecule has 0 unspecified atom stereocenters. The number of esters is 1. The van der Waals surface area contributed by atoms with Crippen LogP contribution >= 0.6 is 0 Å². The summed E-state index contributed by atoms with van der Waals surface area (Å²) in [5, 5.41) is 2.59. The Balaban J connectivity index is 1.34. The molecule has 1 N–H and O–H groups in total. The topological polar surface area (TPSA) is 81.4 Å². The summed E-state index contributed by atoms with van der Waals surface area (Å²) in [6.07, 6.45) is 0.724. The second kappa shape index (κ2) is 8.93. The fourth-order valence-corrected chi connectivity index (χ4v) is 2.54. The van der Waals surface area contributed by atoms with Crippen molar-refractivity contribution in [3.05, 3.63) is 65.8 Å². The maximum Gasteiger partial charge on any atom is 0.306 e. The van der Waals surface area contributed by atoms with Gasteiger partial charge < -0.3 is 14.5 Å². The molecule has 3 aromatic rings. The van der Waals surface area contributed by atoms with Crippen molar-refractivity contribution in [2.75, 3.05) is 13.2 Å². The molecule has 27 heavy (non-hydrogen) atoms. The van der Waals surface area contributed by atoms with Crippen LogP contribution in [0.25, 0.3) is 11.1 Å². The first-order chi connectivity index (χ1) is 13.1. The molecule has 0 radical (unpaired) electrons. The Morgan fingerprint density at radius 2 is 1.85 bits per heavy atom. The van der Waals surface area contributed by atoms with E-state index < -0.39 is 11.9 Å². The lowest BCUT2D eigenvalue weighted by Crippen LogP contribution is -2.30. The molecule has 0 saturated carbocycles. The van der Waals surface area contributed by atoms with Gasteiger partial charge in [-0.2, -0.15) is 0 Å². The molecule has 0 spiro atoms. The molecule has 1 amide bonds. The van der Waals surface area contributed by atoms with Gasteiger partial charge in [-0.15, -0.1) is 0 Å². The van der Waals surface area contributed by atoms with Gasteiger partial charge in [0.05, 0.1) is 6.42 Å². The lowest BCUT2D eigenvalue weighted by atomic mass is 10.1. The number of nitrogens with zero attached hydrogens (tertiary/aromatic N) is 1. The Labute approximate surface area is 155 Å². The fraction of sp³-hybridized carbons (Fsp3) is 0.250. The van der Waals surface area contributed by atoms with E-state index in [4.69, 9.17) is 9.15 Å². The van der Waals surface area contributed by atoms with E-state index in [2.05, 4.69) is 10.3 Å². The van der Waals surface area contributed by atoms with Crippen molar-refractivity contribution in [2.24, 2.45) is 0 Å². The molecule has 1 aromatic heterocycles. The maximum absolute atomic E-state index is 13.5. The largest absolute Gasteiger partial charge is 0.456 e. The van der Waals surface area contributed by atoms with E-state index in [1.807, 2.05) is 18.2 Å². The van der Waals surface area contributed by atoms with E-state index >= 15 is 0 Å². The zero-order chi connectivity index (χ0) is 19.1. The number of ether oxygens (including phenoxy) is 1. The van der Waals surface area contributed by atoms with Crippen LogP contribution in [0.15, 0.2) is 52.9 Å². The van der Waals surface area contributed by atoms with Crippen molar-refractivity contribution in [1.29, 1.82) is 0 Å². The van der Waals surface area contributed by atoms with Crippen LogP contribution in [0.2, 0.25) is 0 Å². The summed E-state index contributed by atoms with van der Waals surface area (Å²) in [6.45, 7) is -0.107. The fourth-order valence-electron chi connectivity index (χ4n) is 2.54. The summed E-state index contributed by atoms with van der Waals surface area (Å²) in [6, 6.07) is 13.7. The number of halogens is 1. The van der Waals surface area contributed by atoms with Crippen LogP contribution in [0.1, 0.15) is 17.9 Å². The number of aromatic nitrogens is 1. The number of amides is 1. The lowest BCUT2D eigenvalue weighted by Gasteiger charge is -2.07. The zero-order valence-corrected chi connectivity index (χ0v) is 14.6. The highest BCUT2D eigenvalue weighted by atomic mass is 19.1. The maximum atomic E-state index is 13.5. The highest BCUT2D eigenvalue weighted by molar-refractivity contribution is 5.80. The zero-order valence-electron chi connectivity index (χ0n) is 14.6. The van der Waals surface area contributed by atoms with Crippen molar-refractivity contribution >= 4 is 23.0 Å². The van der Waals surface area contributed by atoms with Gasteiger partial charge in [-0.05, 0) is 30.2 Å². The van der Waals surface area contributed by atoms with E-state index in [-0.39, 0.29) is 25.4 Å². The Morgan fingerprint density at radius 3 is 2.67 bits per heavy atom. The summed E-state index contributed by atoms with van der Waals surface area (Å²) < 4.78 is 23.9. The second-order valence-corrected chi connectivity index (χ2v) is 5.93. The summed E-state index contributed by atoms with van der Waals surface area (Å²) in [5.74, 6) is -0.803. The Bertz CT molecular complexity index is 905. The minimum Gasteiger partial charge on any atom is -0.456 e. The predicted octanol–water partition coefficient (Wildman–Crippen LogP) is 2.80. The van der Waals surface area contributed by atoms with Gasteiger partial charge in [0.25, 0.3) is 5.91 Å². The molecule has 2 aromatic carbocycles. The molecular formula is C20H19FN2O4. The molecule has 0 aliphatic rings. The van der Waals surface area contributed by atoms with Crippen LogP contribution in [-0.2, 0) is 27.2 Å². The summed E-state index contributed by atoms with van der Waals surface area (Å²) >= 11 is 0. The molecule has 140 valence electrons. The smallest absolute Gasteiger partial charge is 0.306 e. The van der Waals surface area contributed by atoms with Crippen molar-refractivity contribution in [3.63, 3.8) is 0 Å². The van der Waals surface area contributed by atoms with Gasteiger partial charge in [0.2, 0.25) is 0 Å². The number of nitrogens with one attached hydrogen (secondary N) is 1. The van der Waals surface area contributed by atoms with Gasteiger partial charge in [0.1, 0.15) is 11.3 Å². The molecule has 7 heteroatoms. The monoisotopic (exact) mass is 370 g/mol. The quantitative estimate of drug-likeness (QED) is 0.617. The molecule has 0 aliphatic carbocycles. The molecule has 3 rings (SSSR count). The van der Waals surface area contributed by atoms with E-state index in [1.165, 1.54) is 6.07 Å². The third-order valence-corrected chi connectivity index (χ3v) is 3.92. The number of aryl methyl sites for hydroxylation is 1. The number of carbonyl (C=O) groups is 2. The van der Waals surface area contributed by atoms with Gasteiger partial charge >= 0.3 is 5.97 Å². The molecule has 6 nitrogen and oxygen atoms in total. The standard InChI is InChI=1S/C20H19FN2O4/c21-15-6-2-1-5-14(15)11-12-22-18(24)13-26-20(25)10-9-19-23-16-7-3-4-8-17(16)27-19/h1-8H,9-13H2,(H,22,24). The lowest BCUT2D eigenvalue weighted by molar-refractivity contribution is -0.148. The Morgan fingerprint density at radius 1 is 1.07 bits per heavy atom. The third kappa shape index (κ3) is 5.37. The number of para-hydroxylation sites is 2. The number of oxazole rings is 1. The van der Waals surface area contributed by atoms with E-state index in [9.17, 15) is 14.0 Å². The molecule has 0 fully saturated rings. The van der Waals surface area contributed by atoms with Crippen molar-refractivity contribution in [3.8, 4) is 0 Å². The van der Waals surface area contributed by atoms with Gasteiger partial charge in [0.15, 0.2) is 18.1 Å². The average Bonchev–Trinajstić information content (AvgIpc) is 3.09. The minimum absolute atomic E-state index is 0.0648. The van der Waals surface area contributed by atoms with Crippen LogP contribution in [-0.4, -0.2) is 30.0 Å². The van der Waals surface area contributed by atoms with Gasteiger partial charge in [-0.1, -0.05) is 30.3 Å². The molecular weight excluding hydrogens is 351 g/mol. The van der Waals surface area contributed by atoms with Crippen molar-refractivity contribution in [1.82, 2.24) is 10.3 Å². The van der Waals surface area contributed by atoms with Gasteiger partial charge in [-0.25, -0.2) is 9.37 Å². The SMILES string of the molecule is O=C(COC(=O)CCc1nc2ccccc2o1)NCCc1ccccc1F. The highest BCUT2D eigenvalue weighted by Crippen LogP contribution is 2.15. The van der Waals surface area contributed by atoms with Crippen molar-refractivity contribution in [2.45, 2.75) is 19.3 Å². The molecule has 0 bridgehead atoms. The Hall–Kier alpha value is -3.22. The van der Waals surface area contributed by atoms with Gasteiger partial charge in [-0.3, -0.25) is 9.59 Å². The minimum atomic E-state index is -0.512. The van der Waals surface area contributed by atoms with Crippen LogP contribution in [0.5, 0.6) is 0 Å². The average molecular weight is 370 g/mol. The van der Waals surface area contributed by atoms with Crippen LogP contribution in [0.4, 0.5) is 4.39 Å². The summed E-state index contributed by atoms with van der Waals surface area (Å²) in [7, 11) is 0. The Kier molecular flexibility index (Phi) is 6.14. The highest BCUT2D eigenvalue weighted by Gasteiger charge is 2.11. The predicted molar refractivity (Wildman–Crippen MR) is 96.4 cm³/mol. The number of carbonyl (C=O) groups excluding carboxylic acids is 2. The number of rotatable bonds is 8. The molecule has 0 atom stereocenters. The number of hydrogen-bond donors (Lipinski definition) is 1. The van der Waals surface area contributed by atoms with Crippen LogP contribution in [0, 0.1) is 5.82 Å². The number of hydrogen-bond acceptors (Lipinski definition) is 5. The van der Waals surface area contributed by atoms with Gasteiger partial charge in [0, 0.05) is 13.0 Å². The second-order valence-electron chi connectivity index (χ2n) is 5.93. The summed E-state index contributed by atoms with van der Waals surface area (Å²) in [4.78, 5) is 27.7. The third-order valence-electron chi connectivity index (χ3n) is 3.92. The van der Waals surface area contributed by atoms with E-state index in [1.54, 1.807) is 24.3 Å². The number of fused-ring (bicyclic) bond motifs is 1. The van der Waals surface area contributed by atoms with Crippen molar-refractivity contribution < 1.29 is 23.1 Å². The normalized spacial score (nSPS) is 10.7. The first kappa shape index (κ1) is 18.6. The van der Waals surface area contributed by atoms with Crippen LogP contribution in [0.3, 0.4) is 0 Å². The van der Waals surface area contributed by atoms with Crippen LogP contribution < -0.4 is 5.32 Å².